The Hall–Kier alpha value is -1.17. The number of methoxy groups -OCH3 is 2. The number of hydrogen-bond acceptors (Lipinski definition) is 4. The van der Waals surface area contributed by atoms with Crippen molar-refractivity contribution in [2.24, 2.45) is 5.84 Å². The summed E-state index contributed by atoms with van der Waals surface area (Å²) in [5.41, 5.74) is 3.43. The average Bonchev–Trinajstić information content (AvgIpc) is 2.35. The Labute approximate surface area is 101 Å². The zero-order chi connectivity index (χ0) is 12.8. The van der Waals surface area contributed by atoms with Crippen LogP contribution < -0.4 is 16.0 Å². The minimum Gasteiger partial charge on any atom is -0.494 e. The fraction of sp³-hybridized carbons (Fsp3) is 0.500. The summed E-state index contributed by atoms with van der Waals surface area (Å²) in [5.74, 6) is 5.30. The van der Waals surface area contributed by atoms with Crippen molar-refractivity contribution in [1.29, 1.82) is 0 Å². The van der Waals surface area contributed by atoms with E-state index >= 15 is 0 Å². The number of nitrogens with two attached hydrogens (primary N) is 1. The molecule has 17 heavy (non-hydrogen) atoms. The fourth-order valence-electron chi connectivity index (χ4n) is 1.63. The molecule has 1 aromatic rings. The zero-order valence-corrected chi connectivity index (χ0v) is 10.4. The summed E-state index contributed by atoms with van der Waals surface area (Å²) >= 11 is 0. The maximum Gasteiger partial charge on any atom is 0.165 e. The molecule has 0 heterocycles. The predicted molar refractivity (Wildman–Crippen MR) is 64.1 cm³/mol. The van der Waals surface area contributed by atoms with Gasteiger partial charge < -0.3 is 9.47 Å². The number of hydrazine groups is 1. The molecule has 4 nitrogen and oxygen atoms in total. The third kappa shape index (κ3) is 3.66. The Morgan fingerprint density at radius 2 is 2.12 bits per heavy atom. The van der Waals surface area contributed by atoms with Crippen LogP contribution in [-0.2, 0) is 4.74 Å². The lowest BCUT2D eigenvalue weighted by Crippen LogP contribution is -2.30. The first kappa shape index (κ1) is 13.9. The number of hydrogen-bond donors (Lipinski definition) is 2. The monoisotopic (exact) mass is 242 g/mol. The van der Waals surface area contributed by atoms with Crippen LogP contribution in [0.3, 0.4) is 0 Å². The first-order valence-electron chi connectivity index (χ1n) is 5.44. The minimum absolute atomic E-state index is 0.0428. The second-order valence-electron chi connectivity index (χ2n) is 3.90. The largest absolute Gasteiger partial charge is 0.494 e. The number of nitrogens with one attached hydrogen (secondary N) is 1. The zero-order valence-electron chi connectivity index (χ0n) is 10.4. The van der Waals surface area contributed by atoms with Crippen molar-refractivity contribution in [2.75, 3.05) is 14.2 Å². The molecule has 0 saturated carbocycles. The summed E-state index contributed by atoms with van der Waals surface area (Å²) in [5, 5.41) is 0. The molecule has 0 amide bonds. The predicted octanol–water partition coefficient (Wildman–Crippen LogP) is 1.76. The summed E-state index contributed by atoms with van der Waals surface area (Å²) in [6.07, 6.45) is 0.708. The van der Waals surface area contributed by atoms with Crippen molar-refractivity contribution >= 4 is 0 Å². The third-order valence-corrected chi connectivity index (χ3v) is 2.75. The molecule has 0 aliphatic carbocycles. The van der Waals surface area contributed by atoms with Gasteiger partial charge in [0.2, 0.25) is 0 Å². The summed E-state index contributed by atoms with van der Waals surface area (Å²) in [6.45, 7) is 1.93. The lowest BCUT2D eigenvalue weighted by molar-refractivity contribution is 0.100. The van der Waals surface area contributed by atoms with Gasteiger partial charge >= 0.3 is 0 Å². The summed E-state index contributed by atoms with van der Waals surface area (Å²) in [4.78, 5) is 0. The number of rotatable bonds is 6. The van der Waals surface area contributed by atoms with Gasteiger partial charge in [-0.2, -0.15) is 0 Å². The second kappa shape index (κ2) is 6.54. The quantitative estimate of drug-likeness (QED) is 0.589. The van der Waals surface area contributed by atoms with E-state index in [1.807, 2.05) is 6.92 Å². The Kier molecular flexibility index (Phi) is 5.34. The average molecular weight is 242 g/mol. The van der Waals surface area contributed by atoms with Crippen LogP contribution in [0.4, 0.5) is 4.39 Å². The number of ether oxygens (including phenoxy) is 2. The van der Waals surface area contributed by atoms with E-state index in [1.54, 1.807) is 19.2 Å². The van der Waals surface area contributed by atoms with Crippen molar-refractivity contribution in [1.82, 2.24) is 5.43 Å². The molecule has 96 valence electrons. The van der Waals surface area contributed by atoms with Gasteiger partial charge in [0.05, 0.1) is 13.2 Å². The van der Waals surface area contributed by atoms with Crippen molar-refractivity contribution in [2.45, 2.75) is 25.5 Å². The van der Waals surface area contributed by atoms with E-state index in [0.29, 0.717) is 6.42 Å². The van der Waals surface area contributed by atoms with Gasteiger partial charge in [-0.15, -0.1) is 0 Å². The molecule has 0 aromatic heterocycles. The van der Waals surface area contributed by atoms with E-state index < -0.39 is 5.82 Å². The van der Waals surface area contributed by atoms with Crippen LogP contribution in [-0.4, -0.2) is 20.3 Å². The molecule has 2 unspecified atom stereocenters. The number of halogens is 1. The Bertz CT molecular complexity index is 360. The first-order chi connectivity index (χ1) is 8.12. The molecular formula is C12H19FN2O2. The Morgan fingerprint density at radius 1 is 1.41 bits per heavy atom. The smallest absolute Gasteiger partial charge is 0.165 e. The van der Waals surface area contributed by atoms with E-state index in [9.17, 15) is 4.39 Å². The molecule has 0 aliphatic heterocycles. The van der Waals surface area contributed by atoms with Gasteiger partial charge in [-0.05, 0) is 31.0 Å². The molecule has 0 bridgehead atoms. The molecule has 0 aliphatic rings. The van der Waals surface area contributed by atoms with Crippen LogP contribution in [0.2, 0.25) is 0 Å². The Morgan fingerprint density at radius 3 is 2.59 bits per heavy atom. The van der Waals surface area contributed by atoms with Crippen molar-refractivity contribution in [3.05, 3.63) is 29.6 Å². The molecule has 2 atom stereocenters. The van der Waals surface area contributed by atoms with Gasteiger partial charge in [0, 0.05) is 13.2 Å². The van der Waals surface area contributed by atoms with Crippen LogP contribution in [0, 0.1) is 5.82 Å². The molecule has 3 N–H and O–H groups in total. The highest BCUT2D eigenvalue weighted by atomic mass is 19.1. The second-order valence-corrected chi connectivity index (χ2v) is 3.90. The van der Waals surface area contributed by atoms with Gasteiger partial charge in [0.1, 0.15) is 0 Å². The van der Waals surface area contributed by atoms with Crippen molar-refractivity contribution in [3.63, 3.8) is 0 Å². The van der Waals surface area contributed by atoms with E-state index in [-0.39, 0.29) is 17.9 Å². The third-order valence-electron chi connectivity index (χ3n) is 2.75. The lowest BCUT2D eigenvalue weighted by atomic mass is 10.0. The highest BCUT2D eigenvalue weighted by molar-refractivity contribution is 5.31. The van der Waals surface area contributed by atoms with Crippen LogP contribution in [0.1, 0.15) is 24.9 Å². The van der Waals surface area contributed by atoms with Gasteiger partial charge in [-0.1, -0.05) is 6.07 Å². The maximum absolute atomic E-state index is 13.5. The summed E-state index contributed by atoms with van der Waals surface area (Å²) < 4.78 is 23.6. The molecule has 0 saturated heterocycles. The first-order valence-corrected chi connectivity index (χ1v) is 5.44. The normalized spacial score (nSPS) is 14.4. The van der Waals surface area contributed by atoms with Gasteiger partial charge in [0.25, 0.3) is 0 Å². The van der Waals surface area contributed by atoms with Gasteiger partial charge in [-0.25, -0.2) is 4.39 Å². The van der Waals surface area contributed by atoms with E-state index in [2.05, 4.69) is 5.43 Å². The van der Waals surface area contributed by atoms with Crippen LogP contribution >= 0.6 is 0 Å². The van der Waals surface area contributed by atoms with Crippen molar-refractivity contribution < 1.29 is 13.9 Å². The molecule has 0 spiro atoms. The van der Waals surface area contributed by atoms with Crippen LogP contribution in [0.15, 0.2) is 18.2 Å². The van der Waals surface area contributed by atoms with Gasteiger partial charge in [-0.3, -0.25) is 11.3 Å². The minimum atomic E-state index is -0.393. The molecule has 5 heteroatoms. The molecule has 0 fully saturated rings. The lowest BCUT2D eigenvalue weighted by Gasteiger charge is -2.20. The standard InChI is InChI=1S/C12H19FN2O2/c1-8(16-2)6-11(15-14)9-4-5-12(17-3)10(13)7-9/h4-5,7-8,11,15H,6,14H2,1-3H3. The van der Waals surface area contributed by atoms with E-state index in [0.717, 1.165) is 5.56 Å². The van der Waals surface area contributed by atoms with Crippen molar-refractivity contribution in [3.8, 4) is 5.75 Å². The van der Waals surface area contributed by atoms with E-state index in [4.69, 9.17) is 15.3 Å². The fourth-order valence-corrected chi connectivity index (χ4v) is 1.63. The molecule has 1 rings (SSSR count). The highest BCUT2D eigenvalue weighted by Gasteiger charge is 2.15. The molecule has 0 radical (unpaired) electrons. The van der Waals surface area contributed by atoms with E-state index in [1.165, 1.54) is 13.2 Å². The SMILES string of the molecule is COc1ccc(C(CC(C)OC)NN)cc1F. The Balaban J connectivity index is 2.85. The number of benzene rings is 1. The van der Waals surface area contributed by atoms with Gasteiger partial charge in [0.15, 0.2) is 11.6 Å². The topological polar surface area (TPSA) is 56.5 Å². The van der Waals surface area contributed by atoms with Crippen LogP contribution in [0.5, 0.6) is 5.75 Å². The van der Waals surface area contributed by atoms with Crippen LogP contribution in [0.25, 0.3) is 0 Å². The summed E-state index contributed by atoms with van der Waals surface area (Å²) in [7, 11) is 3.07. The molecule has 1 aromatic carbocycles. The molecular weight excluding hydrogens is 223 g/mol. The highest BCUT2D eigenvalue weighted by Crippen LogP contribution is 2.24. The maximum atomic E-state index is 13.5. The summed E-state index contributed by atoms with van der Waals surface area (Å²) in [6, 6.07) is 4.65.